The van der Waals surface area contributed by atoms with Gasteiger partial charge in [0, 0.05) is 31.3 Å². The molecule has 6 nitrogen and oxygen atoms in total. The maximum absolute atomic E-state index is 5.89. The molecule has 4 rings (SSSR count). The van der Waals surface area contributed by atoms with Crippen molar-refractivity contribution in [2.45, 2.75) is 32.0 Å². The van der Waals surface area contributed by atoms with E-state index in [-0.39, 0.29) is 6.10 Å². The molecule has 1 unspecified atom stereocenters. The van der Waals surface area contributed by atoms with Gasteiger partial charge in [-0.15, -0.1) is 0 Å². The van der Waals surface area contributed by atoms with Gasteiger partial charge in [-0.3, -0.25) is 4.90 Å². The first-order valence-electron chi connectivity index (χ1n) is 9.73. The van der Waals surface area contributed by atoms with E-state index in [1.54, 1.807) is 14.2 Å². The summed E-state index contributed by atoms with van der Waals surface area (Å²) in [6.07, 6.45) is 2.51. The molecular weight excluding hydrogens is 354 g/mol. The summed E-state index contributed by atoms with van der Waals surface area (Å²) < 4.78 is 16.8. The van der Waals surface area contributed by atoms with Crippen molar-refractivity contribution in [2.75, 3.05) is 27.4 Å². The van der Waals surface area contributed by atoms with Gasteiger partial charge in [-0.25, -0.2) is 4.98 Å². The quantitative estimate of drug-likeness (QED) is 0.644. The van der Waals surface area contributed by atoms with Crippen LogP contribution >= 0.6 is 0 Å². The van der Waals surface area contributed by atoms with Crippen LogP contribution in [0.15, 0.2) is 42.5 Å². The zero-order valence-electron chi connectivity index (χ0n) is 16.5. The molecule has 2 aromatic carbocycles. The molecule has 1 saturated heterocycles. The summed E-state index contributed by atoms with van der Waals surface area (Å²) in [4.78, 5) is 10.6. The third-order valence-electron chi connectivity index (χ3n) is 5.19. The molecule has 1 aromatic heterocycles. The summed E-state index contributed by atoms with van der Waals surface area (Å²) in [6, 6.07) is 14.1. The van der Waals surface area contributed by atoms with Gasteiger partial charge < -0.3 is 19.2 Å². The molecule has 0 amide bonds. The molecule has 1 N–H and O–H groups in total. The van der Waals surface area contributed by atoms with Gasteiger partial charge in [0.25, 0.3) is 0 Å². The van der Waals surface area contributed by atoms with Crippen LogP contribution in [0.4, 0.5) is 0 Å². The Morgan fingerprint density at radius 1 is 1.14 bits per heavy atom. The van der Waals surface area contributed by atoms with Crippen molar-refractivity contribution in [1.82, 2.24) is 14.9 Å². The number of hydrogen-bond acceptors (Lipinski definition) is 5. The highest BCUT2D eigenvalue weighted by atomic mass is 16.5. The van der Waals surface area contributed by atoms with Crippen molar-refractivity contribution in [3.05, 3.63) is 53.9 Å². The highest BCUT2D eigenvalue weighted by Crippen LogP contribution is 2.27. The van der Waals surface area contributed by atoms with Crippen molar-refractivity contribution in [2.24, 2.45) is 0 Å². The molecule has 28 heavy (non-hydrogen) atoms. The van der Waals surface area contributed by atoms with E-state index in [0.717, 1.165) is 73.0 Å². The number of benzene rings is 2. The number of para-hydroxylation sites is 2. The van der Waals surface area contributed by atoms with Crippen molar-refractivity contribution in [1.29, 1.82) is 0 Å². The molecule has 3 aromatic rings. The van der Waals surface area contributed by atoms with Crippen LogP contribution in [0.2, 0.25) is 0 Å². The predicted molar refractivity (Wildman–Crippen MR) is 109 cm³/mol. The molecule has 2 heterocycles. The second-order valence-electron chi connectivity index (χ2n) is 7.18. The minimum Gasteiger partial charge on any atom is -0.497 e. The first-order valence-corrected chi connectivity index (χ1v) is 9.73. The maximum atomic E-state index is 5.89. The predicted octanol–water partition coefficient (Wildman–Crippen LogP) is 3.76. The lowest BCUT2D eigenvalue weighted by Gasteiger charge is -2.25. The Morgan fingerprint density at radius 2 is 2.04 bits per heavy atom. The van der Waals surface area contributed by atoms with Crippen LogP contribution in [0.5, 0.6) is 11.5 Å². The molecule has 0 spiro atoms. The largest absolute Gasteiger partial charge is 0.497 e. The van der Waals surface area contributed by atoms with Gasteiger partial charge >= 0.3 is 0 Å². The number of ether oxygens (including phenoxy) is 3. The Labute approximate surface area is 165 Å². The summed E-state index contributed by atoms with van der Waals surface area (Å²) in [5, 5.41) is 0. The SMILES string of the molecule is COc1ccc(CN(Cc2nc3ccccc3[nH]2)CC2CCCO2)c(OC)c1. The number of H-pyrrole nitrogens is 1. The van der Waals surface area contributed by atoms with E-state index in [1.165, 1.54) is 0 Å². The summed E-state index contributed by atoms with van der Waals surface area (Å²) in [7, 11) is 3.36. The van der Waals surface area contributed by atoms with E-state index in [1.807, 2.05) is 30.3 Å². The molecule has 0 saturated carbocycles. The van der Waals surface area contributed by atoms with E-state index in [2.05, 4.69) is 22.0 Å². The average Bonchev–Trinajstić information content (AvgIpc) is 3.37. The van der Waals surface area contributed by atoms with Crippen LogP contribution in [0.3, 0.4) is 0 Å². The number of hydrogen-bond donors (Lipinski definition) is 1. The summed E-state index contributed by atoms with van der Waals surface area (Å²) in [6.45, 7) is 3.20. The standard InChI is InChI=1S/C22H27N3O3/c1-26-17-10-9-16(21(12-17)27-2)13-25(14-18-6-5-11-28-18)15-22-23-19-7-3-4-8-20(19)24-22/h3-4,7-10,12,18H,5-6,11,13-15H2,1-2H3,(H,23,24). The van der Waals surface area contributed by atoms with E-state index in [0.29, 0.717) is 0 Å². The van der Waals surface area contributed by atoms with Crippen LogP contribution in [-0.4, -0.2) is 48.3 Å². The molecule has 0 aliphatic carbocycles. The molecule has 0 radical (unpaired) electrons. The fraction of sp³-hybridized carbons (Fsp3) is 0.409. The van der Waals surface area contributed by atoms with Crippen LogP contribution in [-0.2, 0) is 17.8 Å². The number of aromatic amines is 1. The van der Waals surface area contributed by atoms with E-state index < -0.39 is 0 Å². The van der Waals surface area contributed by atoms with Gasteiger partial charge in [0.05, 0.1) is 37.9 Å². The third kappa shape index (κ3) is 4.29. The van der Waals surface area contributed by atoms with E-state index >= 15 is 0 Å². The van der Waals surface area contributed by atoms with E-state index in [9.17, 15) is 0 Å². The van der Waals surface area contributed by atoms with Gasteiger partial charge in [0.15, 0.2) is 0 Å². The fourth-order valence-corrected chi connectivity index (χ4v) is 3.78. The molecule has 1 atom stereocenters. The summed E-state index contributed by atoms with van der Waals surface area (Å²) >= 11 is 0. The maximum Gasteiger partial charge on any atom is 0.127 e. The number of aromatic nitrogens is 2. The van der Waals surface area contributed by atoms with Crippen molar-refractivity contribution >= 4 is 11.0 Å². The number of imidazole rings is 1. The molecule has 6 heteroatoms. The Hall–Kier alpha value is -2.57. The molecule has 1 aliphatic heterocycles. The lowest BCUT2D eigenvalue weighted by Crippen LogP contribution is -2.32. The summed E-state index contributed by atoms with van der Waals surface area (Å²) in [5.74, 6) is 2.59. The zero-order chi connectivity index (χ0) is 19.3. The minimum atomic E-state index is 0.272. The average molecular weight is 381 g/mol. The van der Waals surface area contributed by atoms with E-state index in [4.69, 9.17) is 19.2 Å². The Kier molecular flexibility index (Phi) is 5.78. The number of fused-ring (bicyclic) bond motifs is 1. The second-order valence-corrected chi connectivity index (χ2v) is 7.18. The third-order valence-corrected chi connectivity index (χ3v) is 5.19. The monoisotopic (exact) mass is 381 g/mol. The second kappa shape index (κ2) is 8.63. The highest BCUT2D eigenvalue weighted by Gasteiger charge is 2.21. The first kappa shape index (κ1) is 18.8. The van der Waals surface area contributed by atoms with Crippen molar-refractivity contribution in [3.63, 3.8) is 0 Å². The number of methoxy groups -OCH3 is 2. The van der Waals surface area contributed by atoms with Gasteiger partial charge in [0.2, 0.25) is 0 Å². The van der Waals surface area contributed by atoms with Gasteiger partial charge in [-0.05, 0) is 31.0 Å². The van der Waals surface area contributed by atoms with Gasteiger partial charge in [-0.2, -0.15) is 0 Å². The van der Waals surface area contributed by atoms with Crippen molar-refractivity contribution < 1.29 is 14.2 Å². The number of nitrogens with one attached hydrogen (secondary N) is 1. The number of nitrogens with zero attached hydrogens (tertiary/aromatic N) is 2. The smallest absolute Gasteiger partial charge is 0.127 e. The Morgan fingerprint density at radius 3 is 2.79 bits per heavy atom. The Bertz CT molecular complexity index is 885. The first-order chi connectivity index (χ1) is 13.7. The molecule has 0 bridgehead atoms. The van der Waals surface area contributed by atoms with Crippen LogP contribution < -0.4 is 9.47 Å². The molecule has 1 aliphatic rings. The molecule has 1 fully saturated rings. The molecular formula is C22H27N3O3. The lowest BCUT2D eigenvalue weighted by molar-refractivity contribution is 0.0668. The lowest BCUT2D eigenvalue weighted by atomic mass is 10.1. The van der Waals surface area contributed by atoms with Crippen LogP contribution in [0, 0.1) is 0 Å². The topological polar surface area (TPSA) is 59.6 Å². The zero-order valence-corrected chi connectivity index (χ0v) is 16.5. The van der Waals surface area contributed by atoms with Gasteiger partial charge in [0.1, 0.15) is 17.3 Å². The normalized spacial score (nSPS) is 16.8. The van der Waals surface area contributed by atoms with Gasteiger partial charge in [-0.1, -0.05) is 18.2 Å². The highest BCUT2D eigenvalue weighted by molar-refractivity contribution is 5.74. The van der Waals surface area contributed by atoms with Crippen LogP contribution in [0.1, 0.15) is 24.2 Å². The Balaban J connectivity index is 1.56. The van der Waals surface area contributed by atoms with Crippen molar-refractivity contribution in [3.8, 4) is 11.5 Å². The minimum absolute atomic E-state index is 0.272. The summed E-state index contributed by atoms with van der Waals surface area (Å²) in [5.41, 5.74) is 3.19. The van der Waals surface area contributed by atoms with Crippen LogP contribution in [0.25, 0.3) is 11.0 Å². The number of rotatable bonds is 8. The fourth-order valence-electron chi connectivity index (χ4n) is 3.78. The molecule has 148 valence electrons.